The van der Waals surface area contributed by atoms with Crippen LogP contribution in [0.3, 0.4) is 0 Å². The van der Waals surface area contributed by atoms with E-state index >= 15 is 0 Å². The second-order valence-corrected chi connectivity index (χ2v) is 5.54. The van der Waals surface area contributed by atoms with Crippen molar-refractivity contribution in [2.24, 2.45) is 5.92 Å². The van der Waals surface area contributed by atoms with Gasteiger partial charge in [-0.15, -0.1) is 0 Å². The quantitative estimate of drug-likeness (QED) is 0.683. The zero-order valence-electron chi connectivity index (χ0n) is 11.1. The van der Waals surface area contributed by atoms with Gasteiger partial charge in [0.15, 0.2) is 0 Å². The molecule has 102 valence electrons. The molecule has 0 spiro atoms. The molecule has 0 aromatic heterocycles. The standard InChI is InChI=1S/C13H23N3O2/c1-10(9-16-5-3-2-4-6-16)8-14-11-7-12(17)15-13(11)18/h10-11,14H,2-9H2,1H3,(H,15,17,18). The number of carbonyl (C=O) groups is 2. The van der Waals surface area contributed by atoms with Crippen LogP contribution in [0, 0.1) is 5.92 Å². The molecule has 2 saturated heterocycles. The van der Waals surface area contributed by atoms with E-state index in [9.17, 15) is 9.59 Å². The van der Waals surface area contributed by atoms with Crippen molar-refractivity contribution in [2.45, 2.75) is 38.6 Å². The van der Waals surface area contributed by atoms with Gasteiger partial charge < -0.3 is 10.2 Å². The lowest BCUT2D eigenvalue weighted by molar-refractivity contribution is -0.125. The van der Waals surface area contributed by atoms with Gasteiger partial charge in [-0.05, 0) is 38.4 Å². The highest BCUT2D eigenvalue weighted by atomic mass is 16.2. The molecule has 0 radical (unpaired) electrons. The van der Waals surface area contributed by atoms with E-state index in [4.69, 9.17) is 0 Å². The molecule has 18 heavy (non-hydrogen) atoms. The lowest BCUT2D eigenvalue weighted by atomic mass is 10.1. The largest absolute Gasteiger partial charge is 0.305 e. The van der Waals surface area contributed by atoms with Crippen molar-refractivity contribution in [1.82, 2.24) is 15.5 Å². The monoisotopic (exact) mass is 253 g/mol. The Morgan fingerprint density at radius 3 is 2.67 bits per heavy atom. The van der Waals surface area contributed by atoms with Gasteiger partial charge in [-0.3, -0.25) is 14.9 Å². The van der Waals surface area contributed by atoms with Gasteiger partial charge >= 0.3 is 0 Å². The summed E-state index contributed by atoms with van der Waals surface area (Å²) < 4.78 is 0. The molecule has 2 aliphatic rings. The molecule has 0 bridgehead atoms. The molecule has 0 aliphatic carbocycles. The number of hydrogen-bond donors (Lipinski definition) is 2. The Morgan fingerprint density at radius 1 is 1.33 bits per heavy atom. The summed E-state index contributed by atoms with van der Waals surface area (Å²) in [6, 6.07) is -0.318. The molecular weight excluding hydrogens is 230 g/mol. The smallest absolute Gasteiger partial charge is 0.244 e. The van der Waals surface area contributed by atoms with Crippen molar-refractivity contribution in [3.05, 3.63) is 0 Å². The van der Waals surface area contributed by atoms with Gasteiger partial charge in [-0.2, -0.15) is 0 Å². The molecule has 2 N–H and O–H groups in total. The highest BCUT2D eigenvalue weighted by Crippen LogP contribution is 2.11. The lowest BCUT2D eigenvalue weighted by Gasteiger charge is -2.29. The highest BCUT2D eigenvalue weighted by molar-refractivity contribution is 6.05. The number of carbonyl (C=O) groups excluding carboxylic acids is 2. The van der Waals surface area contributed by atoms with Gasteiger partial charge in [0.05, 0.1) is 12.5 Å². The molecule has 2 rings (SSSR count). The lowest BCUT2D eigenvalue weighted by Crippen LogP contribution is -2.41. The summed E-state index contributed by atoms with van der Waals surface area (Å²) >= 11 is 0. The van der Waals surface area contributed by atoms with Crippen LogP contribution in [0.15, 0.2) is 0 Å². The van der Waals surface area contributed by atoms with E-state index < -0.39 is 0 Å². The summed E-state index contributed by atoms with van der Waals surface area (Å²) in [7, 11) is 0. The average molecular weight is 253 g/mol. The van der Waals surface area contributed by atoms with Crippen LogP contribution in [-0.4, -0.2) is 48.9 Å². The van der Waals surface area contributed by atoms with Gasteiger partial charge in [0.1, 0.15) is 0 Å². The molecule has 2 fully saturated rings. The van der Waals surface area contributed by atoms with E-state index in [-0.39, 0.29) is 24.3 Å². The minimum Gasteiger partial charge on any atom is -0.305 e. The Labute approximate surface area is 108 Å². The van der Waals surface area contributed by atoms with E-state index in [0.717, 1.165) is 13.1 Å². The van der Waals surface area contributed by atoms with Crippen molar-refractivity contribution in [3.8, 4) is 0 Å². The van der Waals surface area contributed by atoms with Crippen LogP contribution in [-0.2, 0) is 9.59 Å². The van der Waals surface area contributed by atoms with Crippen LogP contribution in [0.4, 0.5) is 0 Å². The molecule has 0 aromatic rings. The average Bonchev–Trinajstić information content (AvgIpc) is 2.66. The van der Waals surface area contributed by atoms with Gasteiger partial charge in [0.2, 0.25) is 11.8 Å². The van der Waals surface area contributed by atoms with Crippen LogP contribution in [0.2, 0.25) is 0 Å². The van der Waals surface area contributed by atoms with Gasteiger partial charge in [0.25, 0.3) is 0 Å². The normalized spacial score (nSPS) is 27.3. The van der Waals surface area contributed by atoms with E-state index in [1.165, 1.54) is 32.4 Å². The number of piperidine rings is 1. The molecule has 0 aromatic carbocycles. The number of imide groups is 1. The summed E-state index contributed by atoms with van der Waals surface area (Å²) in [5.74, 6) is 0.165. The van der Waals surface area contributed by atoms with Crippen LogP contribution < -0.4 is 10.6 Å². The van der Waals surface area contributed by atoms with Gasteiger partial charge in [-0.1, -0.05) is 13.3 Å². The van der Waals surface area contributed by atoms with Crippen LogP contribution >= 0.6 is 0 Å². The molecule has 2 heterocycles. The molecule has 5 heteroatoms. The van der Waals surface area contributed by atoms with Gasteiger partial charge in [0, 0.05) is 6.54 Å². The molecule has 2 amide bonds. The molecule has 2 unspecified atom stereocenters. The maximum absolute atomic E-state index is 11.4. The summed E-state index contributed by atoms with van der Waals surface area (Å²) in [6.07, 6.45) is 4.25. The SMILES string of the molecule is CC(CNC1CC(=O)NC1=O)CN1CCCCC1. The third kappa shape index (κ3) is 3.78. The third-order valence-electron chi connectivity index (χ3n) is 3.70. The van der Waals surface area contributed by atoms with Crippen molar-refractivity contribution in [1.29, 1.82) is 0 Å². The fourth-order valence-corrected chi connectivity index (χ4v) is 2.71. The van der Waals surface area contributed by atoms with Gasteiger partial charge in [-0.25, -0.2) is 0 Å². The zero-order valence-corrected chi connectivity index (χ0v) is 11.1. The predicted molar refractivity (Wildman–Crippen MR) is 69.0 cm³/mol. The number of hydrogen-bond acceptors (Lipinski definition) is 4. The summed E-state index contributed by atoms with van der Waals surface area (Å²) in [4.78, 5) is 24.9. The fourth-order valence-electron chi connectivity index (χ4n) is 2.71. The third-order valence-corrected chi connectivity index (χ3v) is 3.70. The Morgan fingerprint density at radius 2 is 2.06 bits per heavy atom. The Bertz CT molecular complexity index is 313. The molecule has 5 nitrogen and oxygen atoms in total. The van der Waals surface area contributed by atoms with Crippen LogP contribution in [0.1, 0.15) is 32.6 Å². The maximum atomic E-state index is 11.4. The Balaban J connectivity index is 1.66. The first-order valence-electron chi connectivity index (χ1n) is 6.94. The van der Waals surface area contributed by atoms with E-state index in [1.807, 2.05) is 0 Å². The van der Waals surface area contributed by atoms with Crippen molar-refractivity contribution in [3.63, 3.8) is 0 Å². The van der Waals surface area contributed by atoms with E-state index in [0.29, 0.717) is 5.92 Å². The fraction of sp³-hybridized carbons (Fsp3) is 0.846. The summed E-state index contributed by atoms with van der Waals surface area (Å²) in [5.41, 5.74) is 0. The number of likely N-dealkylation sites (tertiary alicyclic amines) is 1. The molecule has 0 saturated carbocycles. The zero-order chi connectivity index (χ0) is 13.0. The Kier molecular flexibility index (Phi) is 4.72. The number of amides is 2. The number of rotatable bonds is 5. The van der Waals surface area contributed by atoms with Crippen molar-refractivity contribution >= 4 is 11.8 Å². The minimum absolute atomic E-state index is 0.166. The maximum Gasteiger partial charge on any atom is 0.244 e. The highest BCUT2D eigenvalue weighted by Gasteiger charge is 2.30. The van der Waals surface area contributed by atoms with Crippen molar-refractivity contribution < 1.29 is 9.59 Å². The first kappa shape index (κ1) is 13.5. The first-order valence-corrected chi connectivity index (χ1v) is 6.94. The van der Waals surface area contributed by atoms with Crippen LogP contribution in [0.25, 0.3) is 0 Å². The molecule has 2 aliphatic heterocycles. The van der Waals surface area contributed by atoms with E-state index in [1.54, 1.807) is 0 Å². The van der Waals surface area contributed by atoms with Crippen LogP contribution in [0.5, 0.6) is 0 Å². The minimum atomic E-state index is -0.318. The first-order chi connectivity index (χ1) is 8.65. The molecule has 2 atom stereocenters. The van der Waals surface area contributed by atoms with Crippen molar-refractivity contribution in [2.75, 3.05) is 26.2 Å². The summed E-state index contributed by atoms with van der Waals surface area (Å²) in [5, 5.41) is 5.51. The number of nitrogens with one attached hydrogen (secondary N) is 2. The second-order valence-electron chi connectivity index (χ2n) is 5.54. The Hall–Kier alpha value is -0.940. The topological polar surface area (TPSA) is 61.4 Å². The summed E-state index contributed by atoms with van der Waals surface area (Å²) in [6.45, 7) is 6.47. The second kappa shape index (κ2) is 6.29. The van der Waals surface area contributed by atoms with E-state index in [2.05, 4.69) is 22.5 Å². The predicted octanol–water partition coefficient (Wildman–Crippen LogP) is 0.113. The molecular formula is C13H23N3O2. The number of nitrogens with zero attached hydrogens (tertiary/aromatic N) is 1.